The van der Waals surface area contributed by atoms with Gasteiger partial charge in [0.1, 0.15) is 0 Å². The fraction of sp³-hybridized carbons (Fsp3) is 0.133. The van der Waals surface area contributed by atoms with E-state index < -0.39 is 5.91 Å². The molecule has 0 bridgehead atoms. The van der Waals surface area contributed by atoms with Gasteiger partial charge in [0.15, 0.2) is 0 Å². The first-order chi connectivity index (χ1) is 9.51. The Kier molecular flexibility index (Phi) is 4.29. The first-order valence-electron chi connectivity index (χ1n) is 6.26. The van der Waals surface area contributed by atoms with Gasteiger partial charge in [-0.2, -0.15) is 0 Å². The molecule has 0 aliphatic rings. The van der Waals surface area contributed by atoms with Crippen molar-refractivity contribution in [1.82, 2.24) is 0 Å². The maximum Gasteiger partial charge on any atom is 0.250 e. The molecule has 20 heavy (non-hydrogen) atoms. The smallest absolute Gasteiger partial charge is 0.250 e. The first kappa shape index (κ1) is 14.4. The summed E-state index contributed by atoms with van der Waals surface area (Å²) in [6, 6.07) is 11.0. The summed E-state index contributed by atoms with van der Waals surface area (Å²) in [6.07, 6.45) is 0.878. The molecule has 0 aromatic heterocycles. The second-order valence-electron chi connectivity index (χ2n) is 4.45. The van der Waals surface area contributed by atoms with E-state index >= 15 is 0 Å². The quantitative estimate of drug-likeness (QED) is 0.749. The minimum absolute atomic E-state index is 0.384. The standard InChI is InChI=1S/C15H16BrN3O/c1-2-9-7-10(16)3-5-13(9)19-14-6-4-11(17)8-12(14)15(18)20/h3-8,19H,2,17H2,1H3,(H2,18,20). The fourth-order valence-electron chi connectivity index (χ4n) is 2.00. The third-order valence-electron chi connectivity index (χ3n) is 3.03. The Morgan fingerprint density at radius 3 is 2.55 bits per heavy atom. The fourth-order valence-corrected chi connectivity index (χ4v) is 2.41. The summed E-state index contributed by atoms with van der Waals surface area (Å²) in [5.74, 6) is -0.505. The van der Waals surface area contributed by atoms with Crippen LogP contribution in [0.2, 0.25) is 0 Å². The van der Waals surface area contributed by atoms with Crippen molar-refractivity contribution in [3.05, 3.63) is 52.0 Å². The van der Waals surface area contributed by atoms with Gasteiger partial charge in [0, 0.05) is 15.8 Å². The van der Waals surface area contributed by atoms with Crippen LogP contribution in [0.4, 0.5) is 17.1 Å². The van der Waals surface area contributed by atoms with E-state index in [0.717, 1.165) is 22.1 Å². The number of carbonyl (C=O) groups excluding carboxylic acids is 1. The van der Waals surface area contributed by atoms with Crippen LogP contribution in [0.25, 0.3) is 0 Å². The van der Waals surface area contributed by atoms with Crippen molar-refractivity contribution in [3.63, 3.8) is 0 Å². The molecule has 0 atom stereocenters. The van der Waals surface area contributed by atoms with Gasteiger partial charge in [0.25, 0.3) is 5.91 Å². The minimum Gasteiger partial charge on any atom is -0.399 e. The third kappa shape index (κ3) is 3.11. The number of primary amides is 1. The Morgan fingerprint density at radius 1 is 1.20 bits per heavy atom. The molecule has 0 radical (unpaired) electrons. The highest BCUT2D eigenvalue weighted by molar-refractivity contribution is 9.10. The number of nitrogen functional groups attached to an aromatic ring is 1. The summed E-state index contributed by atoms with van der Waals surface area (Å²) in [5.41, 5.74) is 14.7. The Balaban J connectivity index is 2.42. The summed E-state index contributed by atoms with van der Waals surface area (Å²) in [7, 11) is 0. The lowest BCUT2D eigenvalue weighted by Crippen LogP contribution is -2.14. The number of anilines is 3. The van der Waals surface area contributed by atoms with Gasteiger partial charge >= 0.3 is 0 Å². The number of nitrogens with one attached hydrogen (secondary N) is 1. The second-order valence-corrected chi connectivity index (χ2v) is 5.36. The number of halogens is 1. The predicted molar refractivity (Wildman–Crippen MR) is 86.2 cm³/mol. The molecular weight excluding hydrogens is 318 g/mol. The maximum atomic E-state index is 11.5. The Bertz CT molecular complexity index is 656. The molecular formula is C15H16BrN3O. The number of amides is 1. The van der Waals surface area contributed by atoms with Gasteiger partial charge < -0.3 is 16.8 Å². The van der Waals surface area contributed by atoms with E-state index in [-0.39, 0.29) is 0 Å². The summed E-state index contributed by atoms with van der Waals surface area (Å²) >= 11 is 3.45. The van der Waals surface area contributed by atoms with Crippen LogP contribution in [0.15, 0.2) is 40.9 Å². The van der Waals surface area contributed by atoms with E-state index in [9.17, 15) is 4.79 Å². The van der Waals surface area contributed by atoms with Gasteiger partial charge in [0.05, 0.1) is 11.3 Å². The van der Waals surface area contributed by atoms with Gasteiger partial charge in [-0.1, -0.05) is 22.9 Å². The van der Waals surface area contributed by atoms with E-state index in [1.54, 1.807) is 18.2 Å². The zero-order valence-electron chi connectivity index (χ0n) is 11.1. The van der Waals surface area contributed by atoms with Crippen LogP contribution < -0.4 is 16.8 Å². The second kappa shape index (κ2) is 5.96. The van der Waals surface area contributed by atoms with Gasteiger partial charge in [0.2, 0.25) is 0 Å². The number of hydrogen-bond acceptors (Lipinski definition) is 3. The molecule has 0 heterocycles. The molecule has 0 fully saturated rings. The predicted octanol–water partition coefficient (Wildman–Crippen LogP) is 3.44. The van der Waals surface area contributed by atoms with Crippen molar-refractivity contribution in [2.24, 2.45) is 5.73 Å². The van der Waals surface area contributed by atoms with Crippen molar-refractivity contribution in [2.45, 2.75) is 13.3 Å². The van der Waals surface area contributed by atoms with Crippen molar-refractivity contribution >= 4 is 38.9 Å². The summed E-state index contributed by atoms with van der Waals surface area (Å²) in [5, 5.41) is 3.25. The zero-order chi connectivity index (χ0) is 14.7. The van der Waals surface area contributed by atoms with Gasteiger partial charge in [-0.05, 0) is 48.4 Å². The largest absolute Gasteiger partial charge is 0.399 e. The molecule has 1 amide bonds. The molecule has 2 aromatic carbocycles. The van der Waals surface area contributed by atoms with E-state index in [0.29, 0.717) is 16.9 Å². The average Bonchev–Trinajstić information content (AvgIpc) is 2.42. The highest BCUT2D eigenvalue weighted by Gasteiger charge is 2.10. The van der Waals surface area contributed by atoms with E-state index in [1.165, 1.54) is 0 Å². The molecule has 104 valence electrons. The Labute approximate surface area is 126 Å². The van der Waals surface area contributed by atoms with Crippen molar-refractivity contribution in [1.29, 1.82) is 0 Å². The van der Waals surface area contributed by atoms with Crippen LogP contribution in [0.3, 0.4) is 0 Å². The molecule has 0 saturated carbocycles. The molecule has 0 aliphatic heterocycles. The van der Waals surface area contributed by atoms with Crippen LogP contribution >= 0.6 is 15.9 Å². The lowest BCUT2D eigenvalue weighted by Gasteiger charge is -2.14. The zero-order valence-corrected chi connectivity index (χ0v) is 12.7. The number of rotatable bonds is 4. The molecule has 5 N–H and O–H groups in total. The highest BCUT2D eigenvalue weighted by Crippen LogP contribution is 2.27. The lowest BCUT2D eigenvalue weighted by molar-refractivity contribution is 0.100. The Hall–Kier alpha value is -2.01. The molecule has 2 rings (SSSR count). The van der Waals surface area contributed by atoms with E-state index in [2.05, 4.69) is 28.2 Å². The molecule has 2 aromatic rings. The normalized spacial score (nSPS) is 10.3. The Morgan fingerprint density at radius 2 is 1.90 bits per heavy atom. The van der Waals surface area contributed by atoms with Crippen LogP contribution in [-0.4, -0.2) is 5.91 Å². The van der Waals surface area contributed by atoms with Crippen LogP contribution in [0.5, 0.6) is 0 Å². The maximum absolute atomic E-state index is 11.5. The van der Waals surface area contributed by atoms with Crippen LogP contribution in [0.1, 0.15) is 22.8 Å². The van der Waals surface area contributed by atoms with Crippen LogP contribution in [-0.2, 0) is 6.42 Å². The van der Waals surface area contributed by atoms with E-state index in [4.69, 9.17) is 11.5 Å². The topological polar surface area (TPSA) is 81.1 Å². The molecule has 0 unspecified atom stereocenters. The molecule has 0 spiro atoms. The van der Waals surface area contributed by atoms with Crippen molar-refractivity contribution < 1.29 is 4.79 Å². The molecule has 5 heteroatoms. The molecule has 4 nitrogen and oxygen atoms in total. The summed E-state index contributed by atoms with van der Waals surface area (Å²) < 4.78 is 1.02. The van der Waals surface area contributed by atoms with Crippen molar-refractivity contribution in [3.8, 4) is 0 Å². The summed E-state index contributed by atoms with van der Waals surface area (Å²) in [4.78, 5) is 11.5. The monoisotopic (exact) mass is 333 g/mol. The lowest BCUT2D eigenvalue weighted by atomic mass is 10.1. The third-order valence-corrected chi connectivity index (χ3v) is 3.52. The average molecular weight is 334 g/mol. The number of benzene rings is 2. The van der Waals surface area contributed by atoms with Gasteiger partial charge in [-0.15, -0.1) is 0 Å². The minimum atomic E-state index is -0.505. The van der Waals surface area contributed by atoms with E-state index in [1.807, 2.05) is 18.2 Å². The molecule has 0 saturated heterocycles. The number of carbonyl (C=O) groups is 1. The number of nitrogens with two attached hydrogens (primary N) is 2. The van der Waals surface area contributed by atoms with Crippen LogP contribution in [0, 0.1) is 0 Å². The SMILES string of the molecule is CCc1cc(Br)ccc1Nc1ccc(N)cc1C(N)=O. The van der Waals surface area contributed by atoms with Gasteiger partial charge in [-0.3, -0.25) is 4.79 Å². The summed E-state index contributed by atoms with van der Waals surface area (Å²) in [6.45, 7) is 2.07. The number of aryl methyl sites for hydroxylation is 1. The highest BCUT2D eigenvalue weighted by atomic mass is 79.9. The molecule has 0 aliphatic carbocycles. The number of hydrogen-bond donors (Lipinski definition) is 3. The van der Waals surface area contributed by atoms with Gasteiger partial charge in [-0.25, -0.2) is 0 Å². The first-order valence-corrected chi connectivity index (χ1v) is 7.05. The van der Waals surface area contributed by atoms with Crippen molar-refractivity contribution in [2.75, 3.05) is 11.1 Å².